The van der Waals surface area contributed by atoms with Crippen LogP contribution >= 0.6 is 0 Å². The van der Waals surface area contributed by atoms with Gasteiger partial charge in [0.15, 0.2) is 0 Å². The van der Waals surface area contributed by atoms with E-state index in [9.17, 15) is 8.78 Å². The SMILES string of the molecule is CN(CCCNc1ccccc1)CC(F)F. The highest BCUT2D eigenvalue weighted by molar-refractivity contribution is 5.42. The van der Waals surface area contributed by atoms with Crippen molar-refractivity contribution in [3.05, 3.63) is 30.3 Å². The van der Waals surface area contributed by atoms with E-state index >= 15 is 0 Å². The molecule has 1 rings (SSSR count). The Morgan fingerprint density at radius 2 is 1.94 bits per heavy atom. The summed E-state index contributed by atoms with van der Waals surface area (Å²) in [4.78, 5) is 1.65. The zero-order valence-electron chi connectivity index (χ0n) is 9.50. The lowest BCUT2D eigenvalue weighted by Gasteiger charge is -2.15. The molecule has 1 N–H and O–H groups in total. The first-order valence-electron chi connectivity index (χ1n) is 5.44. The van der Waals surface area contributed by atoms with Gasteiger partial charge in [-0.2, -0.15) is 0 Å². The molecular weight excluding hydrogens is 210 g/mol. The van der Waals surface area contributed by atoms with E-state index in [0.29, 0.717) is 6.54 Å². The number of nitrogens with one attached hydrogen (secondary N) is 1. The lowest BCUT2D eigenvalue weighted by atomic mass is 10.3. The molecule has 0 saturated heterocycles. The van der Waals surface area contributed by atoms with Crippen molar-refractivity contribution in [2.45, 2.75) is 12.8 Å². The van der Waals surface area contributed by atoms with Crippen LogP contribution in [0.15, 0.2) is 30.3 Å². The van der Waals surface area contributed by atoms with E-state index in [0.717, 1.165) is 18.7 Å². The van der Waals surface area contributed by atoms with Crippen molar-refractivity contribution >= 4 is 5.69 Å². The maximum atomic E-state index is 12.0. The van der Waals surface area contributed by atoms with Gasteiger partial charge in [0.2, 0.25) is 0 Å². The molecule has 0 aliphatic carbocycles. The molecule has 0 aromatic heterocycles. The van der Waals surface area contributed by atoms with Crippen LogP contribution < -0.4 is 5.32 Å². The van der Waals surface area contributed by atoms with Crippen LogP contribution in [0.4, 0.5) is 14.5 Å². The van der Waals surface area contributed by atoms with Gasteiger partial charge in [-0.1, -0.05) is 18.2 Å². The maximum Gasteiger partial charge on any atom is 0.251 e. The molecule has 0 fully saturated rings. The first-order chi connectivity index (χ1) is 7.68. The fourth-order valence-electron chi connectivity index (χ4n) is 1.46. The highest BCUT2D eigenvalue weighted by Gasteiger charge is 2.06. The van der Waals surface area contributed by atoms with Crippen LogP contribution in [0, 0.1) is 0 Å². The van der Waals surface area contributed by atoms with Crippen LogP contribution in [0.3, 0.4) is 0 Å². The number of anilines is 1. The van der Waals surface area contributed by atoms with Gasteiger partial charge in [-0.25, -0.2) is 8.78 Å². The monoisotopic (exact) mass is 228 g/mol. The van der Waals surface area contributed by atoms with Crippen molar-refractivity contribution in [3.8, 4) is 0 Å². The van der Waals surface area contributed by atoms with Crippen LogP contribution in [-0.4, -0.2) is 38.0 Å². The van der Waals surface area contributed by atoms with Gasteiger partial charge in [0.05, 0.1) is 6.54 Å². The molecule has 0 amide bonds. The van der Waals surface area contributed by atoms with Crippen LogP contribution in [0.25, 0.3) is 0 Å². The lowest BCUT2D eigenvalue weighted by molar-refractivity contribution is 0.100. The molecule has 0 aliphatic rings. The van der Waals surface area contributed by atoms with Gasteiger partial charge in [0, 0.05) is 12.2 Å². The summed E-state index contributed by atoms with van der Waals surface area (Å²) in [6.45, 7) is 1.34. The fourth-order valence-corrected chi connectivity index (χ4v) is 1.46. The molecule has 0 radical (unpaired) electrons. The van der Waals surface area contributed by atoms with Crippen LogP contribution in [0.1, 0.15) is 6.42 Å². The Hall–Kier alpha value is -1.16. The standard InChI is InChI=1S/C12H18F2N2/c1-16(10-12(13)14)9-5-8-15-11-6-3-2-4-7-11/h2-4,6-7,12,15H,5,8-10H2,1H3. The molecule has 0 aliphatic heterocycles. The second kappa shape index (κ2) is 7.17. The van der Waals surface area contributed by atoms with Crippen LogP contribution in [0.5, 0.6) is 0 Å². The molecule has 0 saturated carbocycles. The molecule has 0 spiro atoms. The Bertz CT molecular complexity index is 278. The van der Waals surface area contributed by atoms with Gasteiger partial charge < -0.3 is 10.2 Å². The summed E-state index contributed by atoms with van der Waals surface area (Å²) >= 11 is 0. The third-order valence-corrected chi connectivity index (χ3v) is 2.27. The Morgan fingerprint density at radius 1 is 1.25 bits per heavy atom. The summed E-state index contributed by atoms with van der Waals surface area (Å²) in [7, 11) is 1.72. The Morgan fingerprint density at radius 3 is 2.56 bits per heavy atom. The van der Waals surface area contributed by atoms with Crippen molar-refractivity contribution in [1.29, 1.82) is 0 Å². The summed E-state index contributed by atoms with van der Waals surface area (Å²) in [5.74, 6) is 0. The third-order valence-electron chi connectivity index (χ3n) is 2.27. The summed E-state index contributed by atoms with van der Waals surface area (Å²) in [5, 5.41) is 3.24. The van der Waals surface area contributed by atoms with Crippen molar-refractivity contribution in [2.24, 2.45) is 0 Å². The smallest absolute Gasteiger partial charge is 0.251 e. The average Bonchev–Trinajstić information content (AvgIpc) is 2.25. The summed E-state index contributed by atoms with van der Waals surface area (Å²) in [6, 6.07) is 9.86. The second-order valence-corrected chi connectivity index (χ2v) is 3.80. The van der Waals surface area contributed by atoms with Crippen molar-refractivity contribution in [2.75, 3.05) is 32.0 Å². The Labute approximate surface area is 95.3 Å². The summed E-state index contributed by atoms with van der Waals surface area (Å²) in [5.41, 5.74) is 1.07. The highest BCUT2D eigenvalue weighted by Crippen LogP contribution is 2.04. The van der Waals surface area contributed by atoms with Gasteiger partial charge in [-0.15, -0.1) is 0 Å². The topological polar surface area (TPSA) is 15.3 Å². The van der Waals surface area contributed by atoms with Crippen LogP contribution in [-0.2, 0) is 0 Å². The van der Waals surface area contributed by atoms with Gasteiger partial charge >= 0.3 is 0 Å². The van der Waals surface area contributed by atoms with Gasteiger partial charge in [0.25, 0.3) is 6.43 Å². The Kier molecular flexibility index (Phi) is 5.78. The maximum absolute atomic E-state index is 12.0. The summed E-state index contributed by atoms with van der Waals surface area (Å²) in [6.07, 6.45) is -1.38. The zero-order chi connectivity index (χ0) is 11.8. The molecule has 1 aromatic rings. The minimum atomic E-state index is -2.24. The fraction of sp³-hybridized carbons (Fsp3) is 0.500. The molecule has 0 heterocycles. The predicted molar refractivity (Wildman–Crippen MR) is 63.0 cm³/mol. The van der Waals surface area contributed by atoms with Gasteiger partial charge in [0.1, 0.15) is 0 Å². The molecule has 4 heteroatoms. The van der Waals surface area contributed by atoms with Crippen molar-refractivity contribution in [1.82, 2.24) is 4.90 Å². The normalized spacial score (nSPS) is 11.1. The van der Waals surface area contributed by atoms with E-state index in [1.54, 1.807) is 11.9 Å². The number of para-hydroxylation sites is 1. The number of nitrogens with zero attached hydrogens (tertiary/aromatic N) is 1. The number of rotatable bonds is 7. The second-order valence-electron chi connectivity index (χ2n) is 3.80. The number of halogens is 2. The van der Waals surface area contributed by atoms with Crippen molar-refractivity contribution in [3.63, 3.8) is 0 Å². The number of hydrogen-bond donors (Lipinski definition) is 1. The first-order valence-corrected chi connectivity index (χ1v) is 5.44. The van der Waals surface area contributed by atoms with E-state index < -0.39 is 6.43 Å². The minimum Gasteiger partial charge on any atom is -0.385 e. The minimum absolute atomic E-state index is 0.147. The molecule has 2 nitrogen and oxygen atoms in total. The van der Waals surface area contributed by atoms with E-state index in [-0.39, 0.29) is 6.54 Å². The molecule has 1 aromatic carbocycles. The molecule has 0 bridgehead atoms. The highest BCUT2D eigenvalue weighted by atomic mass is 19.3. The number of alkyl halides is 2. The summed E-state index contributed by atoms with van der Waals surface area (Å²) < 4.78 is 24.0. The largest absolute Gasteiger partial charge is 0.385 e. The molecule has 16 heavy (non-hydrogen) atoms. The predicted octanol–water partition coefficient (Wildman–Crippen LogP) is 2.69. The van der Waals surface area contributed by atoms with E-state index in [4.69, 9.17) is 0 Å². The first kappa shape index (κ1) is 12.9. The van der Waals surface area contributed by atoms with E-state index in [2.05, 4.69) is 5.32 Å². The van der Waals surface area contributed by atoms with E-state index in [1.807, 2.05) is 30.3 Å². The molecular formula is C12H18F2N2. The van der Waals surface area contributed by atoms with Crippen molar-refractivity contribution < 1.29 is 8.78 Å². The zero-order valence-corrected chi connectivity index (χ0v) is 9.50. The van der Waals surface area contributed by atoms with Gasteiger partial charge in [-0.3, -0.25) is 0 Å². The molecule has 0 unspecified atom stereocenters. The van der Waals surface area contributed by atoms with Gasteiger partial charge in [-0.05, 0) is 32.1 Å². The number of hydrogen-bond acceptors (Lipinski definition) is 2. The third kappa shape index (κ3) is 5.66. The number of benzene rings is 1. The Balaban J connectivity index is 2.08. The van der Waals surface area contributed by atoms with Crippen LogP contribution in [0.2, 0.25) is 0 Å². The van der Waals surface area contributed by atoms with E-state index in [1.165, 1.54) is 0 Å². The molecule has 0 atom stereocenters. The molecule has 90 valence electrons. The quantitative estimate of drug-likeness (QED) is 0.722. The average molecular weight is 228 g/mol. The lowest BCUT2D eigenvalue weighted by Crippen LogP contribution is -2.26.